The molecule has 0 atom stereocenters. The third-order valence-electron chi connectivity index (χ3n) is 1.99. The Labute approximate surface area is 101 Å². The predicted molar refractivity (Wildman–Crippen MR) is 65.5 cm³/mol. The lowest BCUT2D eigenvalue weighted by Crippen LogP contribution is -2.03. The molecule has 17 heavy (non-hydrogen) atoms. The Balaban J connectivity index is 2.25. The first-order valence-electron chi connectivity index (χ1n) is 5.24. The van der Waals surface area contributed by atoms with Crippen molar-refractivity contribution in [1.29, 1.82) is 0 Å². The lowest BCUT2D eigenvalue weighted by Gasteiger charge is -1.98. The van der Waals surface area contributed by atoms with Gasteiger partial charge in [0.05, 0.1) is 12.9 Å². The van der Waals surface area contributed by atoms with Crippen LogP contribution in [0, 0.1) is 5.82 Å². The van der Waals surface area contributed by atoms with E-state index in [4.69, 9.17) is 0 Å². The molecule has 0 aliphatic heterocycles. The van der Waals surface area contributed by atoms with Crippen LogP contribution in [-0.2, 0) is 14.3 Å². The van der Waals surface area contributed by atoms with E-state index in [0.29, 0.717) is 12.8 Å². The highest BCUT2D eigenvalue weighted by Gasteiger charge is 1.99. The summed E-state index contributed by atoms with van der Waals surface area (Å²) in [7, 11) is -3.33. The van der Waals surface area contributed by atoms with Crippen LogP contribution in [0.15, 0.2) is 30.3 Å². The van der Waals surface area contributed by atoms with Gasteiger partial charge in [-0.2, -0.15) is 8.42 Å². The van der Waals surface area contributed by atoms with E-state index in [2.05, 4.69) is 4.18 Å². The molecule has 5 heteroatoms. The summed E-state index contributed by atoms with van der Waals surface area (Å²) in [4.78, 5) is 0. The summed E-state index contributed by atoms with van der Waals surface area (Å²) in [5, 5.41) is 0. The second kappa shape index (κ2) is 6.51. The van der Waals surface area contributed by atoms with Gasteiger partial charge in [-0.15, -0.1) is 0 Å². The Bertz CT molecular complexity index is 463. The minimum Gasteiger partial charge on any atom is -0.270 e. The first-order chi connectivity index (χ1) is 7.97. The van der Waals surface area contributed by atoms with E-state index in [9.17, 15) is 12.8 Å². The lowest BCUT2D eigenvalue weighted by atomic mass is 10.2. The molecule has 0 radical (unpaired) electrons. The van der Waals surface area contributed by atoms with Crippen molar-refractivity contribution in [2.45, 2.75) is 12.8 Å². The minimum atomic E-state index is -3.33. The van der Waals surface area contributed by atoms with E-state index in [0.717, 1.165) is 11.8 Å². The van der Waals surface area contributed by atoms with Gasteiger partial charge in [0.15, 0.2) is 0 Å². The van der Waals surface area contributed by atoms with E-state index in [1.54, 1.807) is 12.1 Å². The number of benzene rings is 1. The van der Waals surface area contributed by atoms with Gasteiger partial charge in [0.1, 0.15) is 5.82 Å². The minimum absolute atomic E-state index is 0.187. The van der Waals surface area contributed by atoms with Crippen molar-refractivity contribution in [3.8, 4) is 0 Å². The molecule has 0 saturated heterocycles. The molecule has 0 aromatic heterocycles. The second-order valence-corrected chi connectivity index (χ2v) is 5.27. The molecule has 0 aliphatic carbocycles. The molecule has 0 unspecified atom stereocenters. The van der Waals surface area contributed by atoms with Gasteiger partial charge in [-0.1, -0.05) is 24.3 Å². The maximum absolute atomic E-state index is 12.6. The van der Waals surface area contributed by atoms with E-state index in [-0.39, 0.29) is 12.4 Å². The van der Waals surface area contributed by atoms with Gasteiger partial charge >= 0.3 is 0 Å². The predicted octanol–water partition coefficient (Wildman–Crippen LogP) is 2.60. The zero-order valence-electron chi connectivity index (χ0n) is 9.60. The average Bonchev–Trinajstić information content (AvgIpc) is 2.24. The molecule has 0 fully saturated rings. The van der Waals surface area contributed by atoms with Crippen LogP contribution in [0.25, 0.3) is 6.08 Å². The van der Waals surface area contributed by atoms with Crippen molar-refractivity contribution >= 4 is 16.2 Å². The molecule has 0 aliphatic rings. The molecule has 1 rings (SSSR count). The number of hydrogen-bond donors (Lipinski definition) is 0. The van der Waals surface area contributed by atoms with Crippen LogP contribution < -0.4 is 0 Å². The van der Waals surface area contributed by atoms with E-state index >= 15 is 0 Å². The highest BCUT2D eigenvalue weighted by Crippen LogP contribution is 2.06. The van der Waals surface area contributed by atoms with Crippen LogP contribution in [-0.4, -0.2) is 21.3 Å². The molecule has 3 nitrogen and oxygen atoms in total. The zero-order valence-corrected chi connectivity index (χ0v) is 10.4. The Kier molecular flexibility index (Phi) is 5.31. The van der Waals surface area contributed by atoms with Gasteiger partial charge in [-0.25, -0.2) is 4.39 Å². The van der Waals surface area contributed by atoms with Crippen LogP contribution in [0.4, 0.5) is 4.39 Å². The van der Waals surface area contributed by atoms with Crippen molar-refractivity contribution in [3.05, 3.63) is 41.7 Å². The van der Waals surface area contributed by atoms with E-state index in [1.165, 1.54) is 12.1 Å². The molecule has 0 amide bonds. The van der Waals surface area contributed by atoms with Crippen molar-refractivity contribution in [2.75, 3.05) is 12.9 Å². The van der Waals surface area contributed by atoms with Gasteiger partial charge in [0.25, 0.3) is 10.1 Å². The molecule has 0 saturated carbocycles. The maximum Gasteiger partial charge on any atom is 0.264 e. The van der Waals surface area contributed by atoms with Gasteiger partial charge in [0.2, 0.25) is 0 Å². The summed E-state index contributed by atoms with van der Waals surface area (Å²) in [6.45, 7) is 0.187. The number of unbranched alkanes of at least 4 members (excludes halogenated alkanes) is 1. The third kappa shape index (κ3) is 6.86. The van der Waals surface area contributed by atoms with Crippen LogP contribution in [0.2, 0.25) is 0 Å². The van der Waals surface area contributed by atoms with Crippen molar-refractivity contribution in [3.63, 3.8) is 0 Å². The summed E-state index contributed by atoms with van der Waals surface area (Å²) in [6.07, 6.45) is 6.14. The fourth-order valence-corrected chi connectivity index (χ4v) is 1.63. The molecular formula is C12H15FO3S. The molecule has 0 bridgehead atoms. The number of allylic oxidation sites excluding steroid dienone is 1. The topological polar surface area (TPSA) is 43.4 Å². The first kappa shape index (κ1) is 13.9. The molecule has 0 heterocycles. The quantitative estimate of drug-likeness (QED) is 0.582. The van der Waals surface area contributed by atoms with Crippen LogP contribution in [0.1, 0.15) is 18.4 Å². The Hall–Kier alpha value is -1.20. The Morgan fingerprint density at radius 3 is 2.53 bits per heavy atom. The number of hydrogen-bond acceptors (Lipinski definition) is 3. The monoisotopic (exact) mass is 258 g/mol. The molecular weight excluding hydrogens is 243 g/mol. The number of rotatable bonds is 6. The third-order valence-corrected chi connectivity index (χ3v) is 2.59. The lowest BCUT2D eigenvalue weighted by molar-refractivity contribution is 0.317. The van der Waals surface area contributed by atoms with E-state index in [1.807, 2.05) is 12.2 Å². The van der Waals surface area contributed by atoms with Crippen molar-refractivity contribution in [2.24, 2.45) is 0 Å². The standard InChI is InChI=1S/C12H15FO3S/c1-17(14,15)16-10-4-2-3-5-11-6-8-12(13)9-7-11/h3,5-9H,2,4,10H2,1H3/b5-3+. The van der Waals surface area contributed by atoms with Gasteiger partial charge < -0.3 is 0 Å². The Morgan fingerprint density at radius 2 is 1.94 bits per heavy atom. The smallest absolute Gasteiger partial charge is 0.264 e. The summed E-state index contributed by atoms with van der Waals surface area (Å²) in [5.74, 6) is -0.260. The molecule has 1 aromatic rings. The largest absolute Gasteiger partial charge is 0.270 e. The van der Waals surface area contributed by atoms with Gasteiger partial charge in [0, 0.05) is 0 Å². The fourth-order valence-electron chi connectivity index (χ4n) is 1.20. The highest BCUT2D eigenvalue weighted by atomic mass is 32.2. The fraction of sp³-hybridized carbons (Fsp3) is 0.333. The zero-order chi connectivity index (χ0) is 12.7. The maximum atomic E-state index is 12.6. The van der Waals surface area contributed by atoms with Crippen molar-refractivity contribution in [1.82, 2.24) is 0 Å². The molecule has 0 spiro atoms. The average molecular weight is 258 g/mol. The summed E-state index contributed by atoms with van der Waals surface area (Å²) in [6, 6.07) is 6.15. The number of halogens is 1. The molecule has 1 aromatic carbocycles. The van der Waals surface area contributed by atoms with Crippen LogP contribution in [0.3, 0.4) is 0 Å². The summed E-state index contributed by atoms with van der Waals surface area (Å²) < 4.78 is 38.5. The van der Waals surface area contributed by atoms with Crippen LogP contribution in [0.5, 0.6) is 0 Å². The second-order valence-electron chi connectivity index (χ2n) is 3.62. The first-order valence-corrected chi connectivity index (χ1v) is 7.05. The SMILES string of the molecule is CS(=O)(=O)OCCC/C=C/c1ccc(F)cc1. The summed E-state index contributed by atoms with van der Waals surface area (Å²) >= 11 is 0. The summed E-state index contributed by atoms with van der Waals surface area (Å²) in [5.41, 5.74) is 0.912. The Morgan fingerprint density at radius 1 is 1.29 bits per heavy atom. The van der Waals surface area contributed by atoms with Gasteiger partial charge in [-0.3, -0.25) is 4.18 Å². The molecule has 94 valence electrons. The van der Waals surface area contributed by atoms with Crippen LogP contribution >= 0.6 is 0 Å². The van der Waals surface area contributed by atoms with Gasteiger partial charge in [-0.05, 0) is 30.5 Å². The normalized spacial score (nSPS) is 12.1. The van der Waals surface area contributed by atoms with Crippen molar-refractivity contribution < 1.29 is 17.0 Å². The highest BCUT2D eigenvalue weighted by molar-refractivity contribution is 7.85. The van der Waals surface area contributed by atoms with E-state index < -0.39 is 10.1 Å². The molecule has 0 N–H and O–H groups in total.